The Morgan fingerprint density at radius 1 is 1.35 bits per heavy atom. The smallest absolute Gasteiger partial charge is 0.136 e. The number of aromatic nitrogens is 2. The average Bonchev–Trinajstić information content (AvgIpc) is 2.62. The van der Waals surface area contributed by atoms with E-state index >= 15 is 0 Å². The molecule has 1 atom stereocenters. The largest absolute Gasteiger partial charge is 0.383 e. The molecular weight excluding hydrogens is 278 g/mol. The van der Waals surface area contributed by atoms with Crippen LogP contribution >= 0.6 is 15.9 Å². The van der Waals surface area contributed by atoms with E-state index in [-0.39, 0.29) is 6.04 Å². The molecule has 0 aliphatic rings. The van der Waals surface area contributed by atoms with Gasteiger partial charge in [-0.25, -0.2) is 4.68 Å². The molecule has 90 valence electrons. The van der Waals surface area contributed by atoms with Crippen molar-refractivity contribution in [1.29, 1.82) is 0 Å². The van der Waals surface area contributed by atoms with Crippen molar-refractivity contribution in [1.82, 2.24) is 9.78 Å². The number of nitrogens with two attached hydrogens (primary N) is 1. The first-order chi connectivity index (χ1) is 8.00. The Hall–Kier alpha value is -1.29. The van der Waals surface area contributed by atoms with Crippen LogP contribution in [-0.2, 0) is 0 Å². The lowest BCUT2D eigenvalue weighted by Crippen LogP contribution is -2.12. The minimum atomic E-state index is 0.140. The van der Waals surface area contributed by atoms with Crippen LogP contribution in [0.3, 0.4) is 0 Å². The molecule has 0 amide bonds. The van der Waals surface area contributed by atoms with Crippen LogP contribution in [0.25, 0.3) is 0 Å². The minimum absolute atomic E-state index is 0.140. The molecule has 17 heavy (non-hydrogen) atoms. The lowest BCUT2D eigenvalue weighted by molar-refractivity contribution is 0.570. The summed E-state index contributed by atoms with van der Waals surface area (Å²) in [5.41, 5.74) is 9.75. The van der Waals surface area contributed by atoms with E-state index in [0.29, 0.717) is 5.82 Å². The summed E-state index contributed by atoms with van der Waals surface area (Å²) in [6, 6.07) is 6.58. The predicted molar refractivity (Wildman–Crippen MR) is 74.1 cm³/mol. The van der Waals surface area contributed by atoms with Crippen LogP contribution in [0.2, 0.25) is 0 Å². The van der Waals surface area contributed by atoms with Crippen LogP contribution in [0.5, 0.6) is 0 Å². The number of aryl methyl sites for hydroxylation is 2. The molecule has 0 aliphatic carbocycles. The number of hydrogen-bond acceptors (Lipinski definition) is 2. The van der Waals surface area contributed by atoms with E-state index in [4.69, 9.17) is 5.73 Å². The van der Waals surface area contributed by atoms with Gasteiger partial charge in [0, 0.05) is 0 Å². The van der Waals surface area contributed by atoms with E-state index in [1.807, 2.05) is 4.68 Å². The topological polar surface area (TPSA) is 43.8 Å². The second-order valence-corrected chi connectivity index (χ2v) is 5.21. The summed E-state index contributed by atoms with van der Waals surface area (Å²) in [7, 11) is 0. The highest BCUT2D eigenvalue weighted by Crippen LogP contribution is 2.27. The maximum absolute atomic E-state index is 5.98. The summed E-state index contributed by atoms with van der Waals surface area (Å²) in [5, 5.41) is 4.31. The summed E-state index contributed by atoms with van der Waals surface area (Å²) < 4.78 is 2.68. The van der Waals surface area contributed by atoms with E-state index in [2.05, 4.69) is 60.0 Å². The summed E-state index contributed by atoms with van der Waals surface area (Å²) >= 11 is 3.38. The number of benzene rings is 1. The molecule has 0 fully saturated rings. The molecule has 1 aromatic heterocycles. The summed E-state index contributed by atoms with van der Waals surface area (Å²) in [6.45, 7) is 6.32. The molecule has 0 bridgehead atoms. The quantitative estimate of drug-likeness (QED) is 0.922. The third-order valence-electron chi connectivity index (χ3n) is 3.04. The SMILES string of the molecule is Cc1ccc(C)c(C(C)n2ncc(Br)c2N)c1. The van der Waals surface area contributed by atoms with Crippen LogP contribution in [0.4, 0.5) is 5.82 Å². The van der Waals surface area contributed by atoms with Crippen LogP contribution in [0, 0.1) is 13.8 Å². The van der Waals surface area contributed by atoms with Gasteiger partial charge in [-0.3, -0.25) is 0 Å². The van der Waals surface area contributed by atoms with Crippen molar-refractivity contribution < 1.29 is 0 Å². The van der Waals surface area contributed by atoms with Gasteiger partial charge in [0.2, 0.25) is 0 Å². The first-order valence-corrected chi connectivity index (χ1v) is 6.35. The van der Waals surface area contributed by atoms with Crippen molar-refractivity contribution in [2.45, 2.75) is 26.8 Å². The third-order valence-corrected chi connectivity index (χ3v) is 3.65. The van der Waals surface area contributed by atoms with E-state index in [9.17, 15) is 0 Å². The molecule has 4 heteroatoms. The Balaban J connectivity index is 2.47. The highest BCUT2D eigenvalue weighted by Gasteiger charge is 2.15. The minimum Gasteiger partial charge on any atom is -0.383 e. The second-order valence-electron chi connectivity index (χ2n) is 4.36. The molecule has 1 unspecified atom stereocenters. The molecule has 0 spiro atoms. The fourth-order valence-electron chi connectivity index (χ4n) is 2.00. The molecular formula is C13H16BrN3. The van der Waals surface area contributed by atoms with Gasteiger partial charge in [-0.1, -0.05) is 23.8 Å². The van der Waals surface area contributed by atoms with Gasteiger partial charge in [0.05, 0.1) is 16.7 Å². The normalized spacial score (nSPS) is 12.7. The molecule has 2 rings (SSSR count). The van der Waals surface area contributed by atoms with Gasteiger partial charge < -0.3 is 5.73 Å². The van der Waals surface area contributed by atoms with Gasteiger partial charge in [0.25, 0.3) is 0 Å². The molecule has 2 N–H and O–H groups in total. The van der Waals surface area contributed by atoms with Crippen LogP contribution < -0.4 is 5.73 Å². The molecule has 1 heterocycles. The van der Waals surface area contributed by atoms with Crippen molar-refractivity contribution in [3.8, 4) is 0 Å². The zero-order valence-electron chi connectivity index (χ0n) is 10.2. The van der Waals surface area contributed by atoms with E-state index in [0.717, 1.165) is 4.47 Å². The third kappa shape index (κ3) is 2.22. The van der Waals surface area contributed by atoms with Gasteiger partial charge in [0.1, 0.15) is 5.82 Å². The van der Waals surface area contributed by atoms with Gasteiger partial charge in [-0.2, -0.15) is 5.10 Å². The highest BCUT2D eigenvalue weighted by molar-refractivity contribution is 9.10. The summed E-state index contributed by atoms with van der Waals surface area (Å²) in [4.78, 5) is 0. The lowest BCUT2D eigenvalue weighted by Gasteiger charge is -2.17. The van der Waals surface area contributed by atoms with E-state index in [1.165, 1.54) is 16.7 Å². The van der Waals surface area contributed by atoms with Crippen molar-refractivity contribution >= 4 is 21.7 Å². The lowest BCUT2D eigenvalue weighted by atomic mass is 10.0. The molecule has 1 aromatic carbocycles. The van der Waals surface area contributed by atoms with E-state index < -0.39 is 0 Å². The van der Waals surface area contributed by atoms with Crippen molar-refractivity contribution in [3.05, 3.63) is 45.6 Å². The van der Waals surface area contributed by atoms with Crippen molar-refractivity contribution in [2.75, 3.05) is 5.73 Å². The second kappa shape index (κ2) is 4.53. The maximum atomic E-state index is 5.98. The Labute approximate surface area is 110 Å². The average molecular weight is 294 g/mol. The number of nitrogen functional groups attached to an aromatic ring is 1. The Kier molecular flexibility index (Phi) is 3.24. The molecule has 0 saturated carbocycles. The van der Waals surface area contributed by atoms with Gasteiger partial charge in [-0.15, -0.1) is 0 Å². The number of nitrogens with zero attached hydrogens (tertiary/aromatic N) is 2. The number of hydrogen-bond donors (Lipinski definition) is 1. The molecule has 3 nitrogen and oxygen atoms in total. The zero-order valence-corrected chi connectivity index (χ0v) is 11.8. The predicted octanol–water partition coefficient (Wildman–Crippen LogP) is 3.45. The fourth-order valence-corrected chi connectivity index (χ4v) is 2.27. The highest BCUT2D eigenvalue weighted by atomic mass is 79.9. The first-order valence-electron chi connectivity index (χ1n) is 5.56. The van der Waals surface area contributed by atoms with Gasteiger partial charge in [0.15, 0.2) is 0 Å². The summed E-state index contributed by atoms with van der Waals surface area (Å²) in [5.74, 6) is 0.665. The number of halogens is 1. The standard InChI is InChI=1S/C13H16BrN3/c1-8-4-5-9(2)11(6-8)10(3)17-13(15)12(14)7-16-17/h4-7,10H,15H2,1-3H3. The number of anilines is 1. The van der Waals surface area contributed by atoms with Gasteiger partial charge in [-0.05, 0) is 47.8 Å². The van der Waals surface area contributed by atoms with Crippen molar-refractivity contribution in [2.24, 2.45) is 0 Å². The van der Waals surface area contributed by atoms with Crippen LogP contribution in [-0.4, -0.2) is 9.78 Å². The fraction of sp³-hybridized carbons (Fsp3) is 0.308. The first kappa shape index (κ1) is 12.2. The van der Waals surface area contributed by atoms with Crippen LogP contribution in [0.15, 0.2) is 28.9 Å². The Morgan fingerprint density at radius 2 is 2.06 bits per heavy atom. The van der Waals surface area contributed by atoms with Gasteiger partial charge >= 0.3 is 0 Å². The van der Waals surface area contributed by atoms with Crippen LogP contribution in [0.1, 0.15) is 29.7 Å². The zero-order chi connectivity index (χ0) is 12.6. The Morgan fingerprint density at radius 3 is 2.65 bits per heavy atom. The molecule has 0 radical (unpaired) electrons. The number of rotatable bonds is 2. The maximum Gasteiger partial charge on any atom is 0.136 e. The van der Waals surface area contributed by atoms with E-state index in [1.54, 1.807) is 6.20 Å². The monoisotopic (exact) mass is 293 g/mol. The Bertz CT molecular complexity index is 546. The van der Waals surface area contributed by atoms with Crippen molar-refractivity contribution in [3.63, 3.8) is 0 Å². The molecule has 0 aliphatic heterocycles. The summed E-state index contributed by atoms with van der Waals surface area (Å²) in [6.07, 6.45) is 1.73. The molecule has 0 saturated heterocycles. The molecule has 2 aromatic rings.